The summed E-state index contributed by atoms with van der Waals surface area (Å²) in [7, 11) is 0. The van der Waals surface area contributed by atoms with Gasteiger partial charge in [0.1, 0.15) is 0 Å². The van der Waals surface area contributed by atoms with Crippen LogP contribution in [0.4, 0.5) is 0 Å². The lowest BCUT2D eigenvalue weighted by Gasteiger charge is -2.43. The third-order valence-corrected chi connectivity index (χ3v) is 6.94. The van der Waals surface area contributed by atoms with Crippen LogP contribution in [0.25, 0.3) is 10.8 Å². The van der Waals surface area contributed by atoms with Crippen LogP contribution in [0.2, 0.25) is 0 Å². The van der Waals surface area contributed by atoms with Gasteiger partial charge in [0.25, 0.3) is 0 Å². The normalized spacial score (nSPS) is 17.6. The first-order valence-corrected chi connectivity index (χ1v) is 12.2. The summed E-state index contributed by atoms with van der Waals surface area (Å²) in [5, 5.41) is 2.49. The molecule has 0 bridgehead atoms. The molecule has 1 N–H and O–H groups in total. The zero-order valence-electron chi connectivity index (χ0n) is 18.1. The van der Waals surface area contributed by atoms with Gasteiger partial charge in [-0.25, -0.2) is 0 Å². The molecule has 1 fully saturated rings. The molecule has 1 heterocycles. The molecule has 2 aromatic rings. The number of allylic oxidation sites excluding steroid dienone is 4. The van der Waals surface area contributed by atoms with E-state index in [0.717, 1.165) is 38.9 Å². The van der Waals surface area contributed by atoms with Crippen LogP contribution in [0.15, 0.2) is 84.1 Å². The number of nitrogens with zero attached hydrogens (tertiary/aromatic N) is 1. The molecule has 1 aliphatic heterocycles. The summed E-state index contributed by atoms with van der Waals surface area (Å²) in [5.41, 5.74) is 5.78. The number of hydrogen-bond acceptors (Lipinski definition) is 3. The van der Waals surface area contributed by atoms with Gasteiger partial charge in [-0.15, -0.1) is 5.73 Å². The summed E-state index contributed by atoms with van der Waals surface area (Å²) in [5.74, 6) is 0.270. The van der Waals surface area contributed by atoms with Crippen molar-refractivity contribution in [2.24, 2.45) is 5.41 Å². The Balaban J connectivity index is 1.37. The van der Waals surface area contributed by atoms with Crippen molar-refractivity contribution in [3.05, 3.63) is 89.7 Å². The molecule has 0 radical (unpaired) electrons. The molecule has 2 aliphatic rings. The van der Waals surface area contributed by atoms with Crippen molar-refractivity contribution < 1.29 is 4.79 Å². The van der Waals surface area contributed by atoms with E-state index < -0.39 is 0 Å². The topological polar surface area (TPSA) is 32.3 Å². The van der Waals surface area contributed by atoms with Crippen molar-refractivity contribution in [3.8, 4) is 0 Å². The molecule has 0 saturated carbocycles. The fourth-order valence-corrected chi connectivity index (χ4v) is 5.00. The number of aryl methyl sites for hydroxylation is 1. The third-order valence-electron chi connectivity index (χ3n) is 6.51. The van der Waals surface area contributed by atoms with Gasteiger partial charge < -0.3 is 4.90 Å². The van der Waals surface area contributed by atoms with Crippen LogP contribution < -0.4 is 4.72 Å². The molecular formula is C27H30N2OS. The Labute approximate surface area is 189 Å². The van der Waals surface area contributed by atoms with E-state index >= 15 is 0 Å². The molecule has 1 aliphatic carbocycles. The average Bonchev–Trinajstić information content (AvgIpc) is 3.11. The Morgan fingerprint density at radius 2 is 1.94 bits per heavy atom. The molecule has 0 unspecified atom stereocenters. The Kier molecular flexibility index (Phi) is 7.14. The SMILES string of the molecule is CSNCC1(C2=CC=C=CC=C2)CCN(C(=O)CCc2ccc3ccccc3c2)CC1. The minimum Gasteiger partial charge on any atom is -0.343 e. The summed E-state index contributed by atoms with van der Waals surface area (Å²) in [6.07, 6.45) is 15.8. The number of benzene rings is 2. The highest BCUT2D eigenvalue weighted by Crippen LogP contribution is 2.40. The average molecular weight is 431 g/mol. The van der Waals surface area contributed by atoms with E-state index in [4.69, 9.17) is 0 Å². The molecule has 2 aromatic carbocycles. The maximum absolute atomic E-state index is 12.9. The number of piperidine rings is 1. The van der Waals surface area contributed by atoms with Gasteiger partial charge in [-0.2, -0.15) is 0 Å². The quantitative estimate of drug-likeness (QED) is 0.468. The van der Waals surface area contributed by atoms with E-state index in [2.05, 4.69) is 82.3 Å². The summed E-state index contributed by atoms with van der Waals surface area (Å²) in [6, 6.07) is 14.9. The Morgan fingerprint density at radius 1 is 1.13 bits per heavy atom. The molecular weight excluding hydrogens is 400 g/mol. The number of carbonyl (C=O) groups excluding carboxylic acids is 1. The molecule has 4 rings (SSSR count). The van der Waals surface area contributed by atoms with Crippen LogP contribution in [-0.4, -0.2) is 36.7 Å². The molecule has 1 saturated heterocycles. The smallest absolute Gasteiger partial charge is 0.222 e. The van der Waals surface area contributed by atoms with Crippen LogP contribution in [0.1, 0.15) is 24.8 Å². The molecule has 4 heteroatoms. The molecule has 0 aromatic heterocycles. The van der Waals surface area contributed by atoms with E-state index in [1.807, 2.05) is 12.2 Å². The summed E-state index contributed by atoms with van der Waals surface area (Å²) < 4.78 is 3.48. The first-order valence-electron chi connectivity index (χ1n) is 11.0. The van der Waals surface area contributed by atoms with Gasteiger partial charge in [0.15, 0.2) is 0 Å². The fourth-order valence-electron chi connectivity index (χ4n) is 4.58. The highest BCUT2D eigenvalue weighted by molar-refractivity contribution is 7.96. The molecule has 3 nitrogen and oxygen atoms in total. The van der Waals surface area contributed by atoms with Crippen LogP contribution >= 0.6 is 11.9 Å². The number of nitrogens with one attached hydrogen (secondary N) is 1. The summed E-state index contributed by atoms with van der Waals surface area (Å²) >= 11 is 1.66. The van der Waals surface area contributed by atoms with E-state index in [9.17, 15) is 4.79 Å². The summed E-state index contributed by atoms with van der Waals surface area (Å²) in [6.45, 7) is 2.54. The number of rotatable bonds is 7. The predicted octanol–water partition coefficient (Wildman–Crippen LogP) is 5.46. The minimum absolute atomic E-state index is 0.0605. The second-order valence-corrected chi connectivity index (χ2v) is 9.05. The maximum Gasteiger partial charge on any atom is 0.222 e. The van der Waals surface area contributed by atoms with Gasteiger partial charge in [-0.05, 0) is 59.6 Å². The van der Waals surface area contributed by atoms with Crippen molar-refractivity contribution in [3.63, 3.8) is 0 Å². The van der Waals surface area contributed by atoms with E-state index in [0.29, 0.717) is 6.42 Å². The second-order valence-electron chi connectivity index (χ2n) is 8.35. The van der Waals surface area contributed by atoms with Crippen LogP contribution in [-0.2, 0) is 11.2 Å². The van der Waals surface area contributed by atoms with Crippen LogP contribution in [0, 0.1) is 5.41 Å². The van der Waals surface area contributed by atoms with Gasteiger partial charge in [-0.1, -0.05) is 72.6 Å². The fraction of sp³-hybridized carbons (Fsp3) is 0.333. The molecule has 0 atom stereocenters. The van der Waals surface area contributed by atoms with Crippen molar-refractivity contribution >= 4 is 28.6 Å². The van der Waals surface area contributed by atoms with Gasteiger partial charge >= 0.3 is 0 Å². The zero-order chi connectivity index (χ0) is 21.5. The minimum atomic E-state index is 0.0605. The number of carbonyl (C=O) groups is 1. The molecule has 1 amide bonds. The predicted molar refractivity (Wildman–Crippen MR) is 132 cm³/mol. The van der Waals surface area contributed by atoms with Gasteiger partial charge in [0.05, 0.1) is 0 Å². The van der Waals surface area contributed by atoms with Crippen LogP contribution in [0.3, 0.4) is 0 Å². The lowest BCUT2D eigenvalue weighted by Crippen LogP contribution is -2.47. The summed E-state index contributed by atoms with van der Waals surface area (Å²) in [4.78, 5) is 15.0. The molecule has 0 spiro atoms. The van der Waals surface area contributed by atoms with E-state index in [1.165, 1.54) is 21.9 Å². The lowest BCUT2D eigenvalue weighted by atomic mass is 9.72. The zero-order valence-corrected chi connectivity index (χ0v) is 19.0. The number of likely N-dealkylation sites (tertiary alicyclic amines) is 1. The first kappa shape index (κ1) is 21.7. The number of fused-ring (bicyclic) bond motifs is 1. The van der Waals surface area contributed by atoms with Crippen molar-refractivity contribution in [2.75, 3.05) is 25.9 Å². The lowest BCUT2D eigenvalue weighted by molar-refractivity contribution is -0.133. The Bertz CT molecular complexity index is 1050. The standard InChI is InChI=1S/C27H30N2OS/c1-31-28-21-27(25-10-4-2-3-5-11-25)16-18-29(19-17-27)26(30)15-13-22-12-14-23-8-6-7-9-24(23)20-22/h2,4-12,14,20,28H,13,15-19,21H2,1H3. The maximum atomic E-state index is 12.9. The van der Waals surface area contributed by atoms with Gasteiger partial charge in [-0.3, -0.25) is 9.52 Å². The molecule has 31 heavy (non-hydrogen) atoms. The highest BCUT2D eigenvalue weighted by atomic mass is 32.2. The monoisotopic (exact) mass is 430 g/mol. The first-order chi connectivity index (χ1) is 15.2. The van der Waals surface area contributed by atoms with Gasteiger partial charge in [0, 0.05) is 31.5 Å². The number of amides is 1. The van der Waals surface area contributed by atoms with Crippen LogP contribution in [0.5, 0.6) is 0 Å². The molecule has 160 valence electrons. The van der Waals surface area contributed by atoms with Gasteiger partial charge in [0.2, 0.25) is 5.91 Å². The Hall–Kier alpha value is -2.52. The van der Waals surface area contributed by atoms with Crippen molar-refractivity contribution in [1.29, 1.82) is 0 Å². The highest BCUT2D eigenvalue weighted by Gasteiger charge is 2.37. The largest absolute Gasteiger partial charge is 0.343 e. The third kappa shape index (κ3) is 5.22. The van der Waals surface area contributed by atoms with E-state index in [-0.39, 0.29) is 11.3 Å². The number of hydrogen-bond donors (Lipinski definition) is 1. The second kappa shape index (κ2) is 10.2. The van der Waals surface area contributed by atoms with Crippen molar-refractivity contribution in [2.45, 2.75) is 25.7 Å². The van der Waals surface area contributed by atoms with E-state index in [1.54, 1.807) is 11.9 Å². The Morgan fingerprint density at radius 3 is 2.74 bits per heavy atom. The van der Waals surface area contributed by atoms with Crippen molar-refractivity contribution in [1.82, 2.24) is 9.62 Å².